The molecule has 4 heteroatoms. The second kappa shape index (κ2) is 7.85. The van der Waals surface area contributed by atoms with E-state index in [2.05, 4.69) is 34.6 Å². The molecule has 138 valence electrons. The van der Waals surface area contributed by atoms with Crippen molar-refractivity contribution in [3.05, 3.63) is 60.2 Å². The van der Waals surface area contributed by atoms with Gasteiger partial charge in [-0.25, -0.2) is 0 Å². The van der Waals surface area contributed by atoms with E-state index in [9.17, 15) is 0 Å². The molecule has 4 nitrogen and oxygen atoms in total. The lowest BCUT2D eigenvalue weighted by Crippen LogP contribution is -2.47. The Morgan fingerprint density at radius 1 is 1.00 bits per heavy atom. The molecular weight excluding hydrogens is 322 g/mol. The number of ether oxygens (including phenoxy) is 1. The summed E-state index contributed by atoms with van der Waals surface area (Å²) in [6.45, 7) is 2.75. The van der Waals surface area contributed by atoms with Crippen LogP contribution in [0.15, 0.2) is 48.9 Å². The van der Waals surface area contributed by atoms with Gasteiger partial charge in [-0.15, -0.1) is 0 Å². The fourth-order valence-electron chi connectivity index (χ4n) is 4.86. The van der Waals surface area contributed by atoms with Crippen LogP contribution in [0.5, 0.6) is 0 Å². The first-order valence-corrected chi connectivity index (χ1v) is 9.96. The van der Waals surface area contributed by atoms with Crippen molar-refractivity contribution in [1.29, 1.82) is 0 Å². The first-order valence-electron chi connectivity index (χ1n) is 9.96. The van der Waals surface area contributed by atoms with Crippen LogP contribution >= 0.6 is 0 Å². The largest absolute Gasteiger partial charge is 0.375 e. The minimum Gasteiger partial charge on any atom is -0.375 e. The second-order valence-electron chi connectivity index (χ2n) is 7.94. The lowest BCUT2D eigenvalue weighted by Gasteiger charge is -2.46. The molecule has 1 atom stereocenters. The predicted molar refractivity (Wildman–Crippen MR) is 103 cm³/mol. The van der Waals surface area contributed by atoms with Gasteiger partial charge in [-0.2, -0.15) is 0 Å². The van der Waals surface area contributed by atoms with E-state index in [0.717, 1.165) is 39.0 Å². The summed E-state index contributed by atoms with van der Waals surface area (Å²) in [4.78, 5) is 8.86. The zero-order valence-electron chi connectivity index (χ0n) is 15.5. The van der Waals surface area contributed by atoms with Crippen molar-refractivity contribution in [2.24, 2.45) is 0 Å². The van der Waals surface area contributed by atoms with Crippen molar-refractivity contribution < 1.29 is 4.74 Å². The van der Waals surface area contributed by atoms with Gasteiger partial charge in [-0.05, 0) is 68.5 Å². The number of hydrogen-bond acceptors (Lipinski definition) is 4. The van der Waals surface area contributed by atoms with Gasteiger partial charge in [-0.1, -0.05) is 18.9 Å². The lowest BCUT2D eigenvalue weighted by molar-refractivity contribution is -0.104. The second-order valence-corrected chi connectivity index (χ2v) is 7.94. The van der Waals surface area contributed by atoms with E-state index in [4.69, 9.17) is 9.72 Å². The van der Waals surface area contributed by atoms with Gasteiger partial charge in [0.05, 0.1) is 5.60 Å². The van der Waals surface area contributed by atoms with E-state index in [-0.39, 0.29) is 11.0 Å². The first-order chi connectivity index (χ1) is 12.8. The molecule has 1 aliphatic heterocycles. The van der Waals surface area contributed by atoms with Crippen molar-refractivity contribution >= 4 is 0 Å². The van der Waals surface area contributed by atoms with Crippen LogP contribution in [0.1, 0.15) is 56.2 Å². The Hall–Kier alpha value is -1.78. The Morgan fingerprint density at radius 3 is 2.62 bits per heavy atom. The molecule has 2 aromatic heterocycles. The molecule has 1 aliphatic carbocycles. The molecule has 2 fully saturated rings. The molecule has 26 heavy (non-hydrogen) atoms. The Labute approximate surface area is 156 Å². The maximum Gasteiger partial charge on any atom is 0.0691 e. The summed E-state index contributed by atoms with van der Waals surface area (Å²) in [6, 6.07) is 10.5. The topological polar surface area (TPSA) is 47.0 Å². The number of pyridine rings is 2. The van der Waals surface area contributed by atoms with Crippen LogP contribution in [-0.4, -0.2) is 28.7 Å². The maximum absolute atomic E-state index is 6.32. The van der Waals surface area contributed by atoms with Crippen LogP contribution in [0, 0.1) is 0 Å². The van der Waals surface area contributed by atoms with E-state index in [0.29, 0.717) is 0 Å². The summed E-state index contributed by atoms with van der Waals surface area (Å²) in [5, 5.41) is 3.63. The SMILES string of the molecule is c1ccc([C@]2(CCNCc3ccncc3)CCOC3(CCCC3)C2)nc1. The Balaban J connectivity index is 1.46. The number of nitrogens with one attached hydrogen (secondary N) is 1. The van der Waals surface area contributed by atoms with Crippen LogP contribution in [0.2, 0.25) is 0 Å². The van der Waals surface area contributed by atoms with Crippen LogP contribution < -0.4 is 5.32 Å². The molecule has 2 aromatic rings. The van der Waals surface area contributed by atoms with Gasteiger partial charge in [0.25, 0.3) is 0 Å². The Kier molecular flexibility index (Phi) is 5.32. The molecule has 0 aromatic carbocycles. The highest BCUT2D eigenvalue weighted by atomic mass is 16.5. The standard InChI is InChI=1S/C22H29N3O/c1-4-12-25-20(5-1)21(10-15-24-17-19-6-13-23-14-7-19)11-16-26-22(18-21)8-2-3-9-22/h1,4-7,12-14,24H,2-3,8-11,15-18H2/t21-/m1/s1. The summed E-state index contributed by atoms with van der Waals surface area (Å²) < 4.78 is 6.32. The van der Waals surface area contributed by atoms with Crippen LogP contribution in [-0.2, 0) is 16.7 Å². The van der Waals surface area contributed by atoms with Crippen molar-refractivity contribution in [2.45, 2.75) is 62.5 Å². The fraction of sp³-hybridized carbons (Fsp3) is 0.545. The van der Waals surface area contributed by atoms with Crippen molar-refractivity contribution in [2.75, 3.05) is 13.2 Å². The van der Waals surface area contributed by atoms with Gasteiger partial charge in [0, 0.05) is 42.9 Å². The van der Waals surface area contributed by atoms with Gasteiger partial charge in [0.15, 0.2) is 0 Å². The average molecular weight is 351 g/mol. The summed E-state index contributed by atoms with van der Waals surface area (Å²) in [7, 11) is 0. The molecule has 1 spiro atoms. The molecule has 0 radical (unpaired) electrons. The number of hydrogen-bond donors (Lipinski definition) is 1. The van der Waals surface area contributed by atoms with Crippen molar-refractivity contribution in [3.63, 3.8) is 0 Å². The van der Waals surface area contributed by atoms with Gasteiger partial charge < -0.3 is 10.1 Å². The minimum absolute atomic E-state index is 0.0981. The van der Waals surface area contributed by atoms with Gasteiger partial charge >= 0.3 is 0 Å². The third-order valence-electron chi connectivity index (χ3n) is 6.23. The molecule has 0 amide bonds. The van der Waals surface area contributed by atoms with E-state index in [1.165, 1.54) is 36.9 Å². The lowest BCUT2D eigenvalue weighted by atomic mass is 9.68. The monoisotopic (exact) mass is 351 g/mol. The van der Waals surface area contributed by atoms with Gasteiger partial charge in [0.1, 0.15) is 0 Å². The Morgan fingerprint density at radius 2 is 1.85 bits per heavy atom. The predicted octanol–water partition coefficient (Wildman–Crippen LogP) is 4.02. The van der Waals surface area contributed by atoms with E-state index in [1.807, 2.05) is 24.7 Å². The highest BCUT2D eigenvalue weighted by Gasteiger charge is 2.48. The van der Waals surface area contributed by atoms with Crippen LogP contribution in [0.3, 0.4) is 0 Å². The minimum atomic E-state index is 0.0981. The molecule has 1 N–H and O–H groups in total. The third kappa shape index (κ3) is 3.81. The van der Waals surface area contributed by atoms with Crippen molar-refractivity contribution in [3.8, 4) is 0 Å². The zero-order chi connectivity index (χ0) is 17.7. The highest BCUT2D eigenvalue weighted by Crippen LogP contribution is 2.49. The summed E-state index contributed by atoms with van der Waals surface area (Å²) in [5.74, 6) is 0. The van der Waals surface area contributed by atoms with E-state index >= 15 is 0 Å². The highest BCUT2D eigenvalue weighted by molar-refractivity contribution is 5.20. The Bertz CT molecular complexity index is 685. The number of aromatic nitrogens is 2. The molecule has 4 rings (SSSR count). The summed E-state index contributed by atoms with van der Waals surface area (Å²) in [5.41, 5.74) is 2.77. The molecule has 0 unspecified atom stereocenters. The zero-order valence-corrected chi connectivity index (χ0v) is 15.5. The van der Waals surface area contributed by atoms with Gasteiger partial charge in [0.2, 0.25) is 0 Å². The van der Waals surface area contributed by atoms with Crippen molar-refractivity contribution in [1.82, 2.24) is 15.3 Å². The normalized spacial score (nSPS) is 24.8. The number of nitrogens with zero attached hydrogens (tertiary/aromatic N) is 2. The number of rotatable bonds is 6. The molecule has 2 aliphatic rings. The first kappa shape index (κ1) is 17.6. The molecule has 0 bridgehead atoms. The van der Waals surface area contributed by atoms with Crippen LogP contribution in [0.25, 0.3) is 0 Å². The quantitative estimate of drug-likeness (QED) is 0.799. The molecule has 1 saturated heterocycles. The molecule has 1 saturated carbocycles. The molecular formula is C22H29N3O. The maximum atomic E-state index is 6.32. The molecule has 3 heterocycles. The van der Waals surface area contributed by atoms with E-state index in [1.54, 1.807) is 0 Å². The fourth-order valence-corrected chi connectivity index (χ4v) is 4.86. The third-order valence-corrected chi connectivity index (χ3v) is 6.23. The smallest absolute Gasteiger partial charge is 0.0691 e. The summed E-state index contributed by atoms with van der Waals surface area (Å²) >= 11 is 0. The van der Waals surface area contributed by atoms with Gasteiger partial charge in [-0.3, -0.25) is 9.97 Å². The average Bonchev–Trinajstić information content (AvgIpc) is 3.14. The summed E-state index contributed by atoms with van der Waals surface area (Å²) in [6.07, 6.45) is 14.0. The van der Waals surface area contributed by atoms with E-state index < -0.39 is 0 Å². The van der Waals surface area contributed by atoms with Crippen LogP contribution in [0.4, 0.5) is 0 Å².